The van der Waals surface area contributed by atoms with Crippen molar-refractivity contribution in [2.75, 3.05) is 0 Å². The highest BCUT2D eigenvalue weighted by Crippen LogP contribution is 2.64. The van der Waals surface area contributed by atoms with Crippen LogP contribution in [-0.2, 0) is 4.79 Å². The molecular weight excluding hydrogens is 140 g/mol. The summed E-state index contributed by atoms with van der Waals surface area (Å²) in [6, 6.07) is 0. The third-order valence-electron chi connectivity index (χ3n) is 2.64. The van der Waals surface area contributed by atoms with Crippen LogP contribution >= 0.6 is 0 Å². The predicted octanol–water partition coefficient (Wildman–Crippen LogP) is 2.06. The van der Waals surface area contributed by atoms with Crippen LogP contribution in [0.3, 0.4) is 0 Å². The lowest BCUT2D eigenvalue weighted by molar-refractivity contribution is -0.142. The molecule has 0 heterocycles. The van der Waals surface area contributed by atoms with Crippen LogP contribution in [0.25, 0.3) is 0 Å². The highest BCUT2D eigenvalue weighted by molar-refractivity contribution is 5.82. The van der Waals surface area contributed by atoms with E-state index < -0.39 is 11.4 Å². The second kappa shape index (κ2) is 2.10. The summed E-state index contributed by atoms with van der Waals surface area (Å²) in [6.45, 7) is 5.83. The van der Waals surface area contributed by atoms with Crippen LogP contribution in [0, 0.1) is 10.8 Å². The molecule has 1 unspecified atom stereocenters. The zero-order valence-electron chi connectivity index (χ0n) is 7.22. The summed E-state index contributed by atoms with van der Waals surface area (Å²) in [7, 11) is 0. The highest BCUT2D eigenvalue weighted by atomic mass is 16.4. The van der Waals surface area contributed by atoms with Crippen LogP contribution in [-0.4, -0.2) is 11.1 Å². The fourth-order valence-corrected chi connectivity index (χ4v) is 1.66. The van der Waals surface area contributed by atoms with E-state index in [0.29, 0.717) is 0 Å². The van der Waals surface area contributed by atoms with Gasteiger partial charge in [-0.05, 0) is 18.8 Å². The van der Waals surface area contributed by atoms with Gasteiger partial charge in [-0.3, -0.25) is 4.79 Å². The molecule has 62 valence electrons. The van der Waals surface area contributed by atoms with Crippen molar-refractivity contribution in [2.24, 2.45) is 10.8 Å². The number of carboxylic acid groups (broad SMARTS) is 1. The molecule has 2 nitrogen and oxygen atoms in total. The van der Waals surface area contributed by atoms with Crippen molar-refractivity contribution < 1.29 is 9.90 Å². The molecule has 1 N–H and O–H groups in total. The maximum absolute atomic E-state index is 10.8. The Morgan fingerprint density at radius 3 is 2.09 bits per heavy atom. The van der Waals surface area contributed by atoms with Gasteiger partial charge in [-0.25, -0.2) is 0 Å². The van der Waals surface area contributed by atoms with E-state index in [1.165, 1.54) is 0 Å². The zero-order valence-corrected chi connectivity index (χ0v) is 7.22. The van der Waals surface area contributed by atoms with Gasteiger partial charge in [0.15, 0.2) is 0 Å². The first-order valence-electron chi connectivity index (χ1n) is 3.83. The molecule has 0 aliphatic heterocycles. The third kappa shape index (κ3) is 0.971. The summed E-state index contributed by atoms with van der Waals surface area (Å²) in [5, 5.41) is 8.92. The summed E-state index contributed by atoms with van der Waals surface area (Å²) < 4.78 is 0. The van der Waals surface area contributed by atoms with Crippen LogP contribution < -0.4 is 0 Å². The maximum Gasteiger partial charge on any atom is 0.314 e. The van der Waals surface area contributed by atoms with Crippen LogP contribution in [0.15, 0.2) is 12.2 Å². The first-order chi connectivity index (χ1) is 4.96. The smallest absolute Gasteiger partial charge is 0.314 e. The van der Waals surface area contributed by atoms with Crippen LogP contribution in [0.1, 0.15) is 27.2 Å². The van der Waals surface area contributed by atoms with Gasteiger partial charge in [0, 0.05) is 0 Å². The maximum atomic E-state index is 10.8. The van der Waals surface area contributed by atoms with Crippen LogP contribution in [0.2, 0.25) is 0 Å². The molecule has 1 fully saturated rings. The number of rotatable bonds is 2. The number of aliphatic carboxylic acids is 1. The minimum atomic E-state index is -0.694. The number of carboxylic acids is 1. The Hall–Kier alpha value is -0.790. The molecule has 0 bridgehead atoms. The van der Waals surface area contributed by atoms with Gasteiger partial charge >= 0.3 is 5.97 Å². The first kappa shape index (κ1) is 8.31. The predicted molar refractivity (Wildman–Crippen MR) is 43.3 cm³/mol. The van der Waals surface area contributed by atoms with E-state index in [1.54, 1.807) is 6.08 Å². The van der Waals surface area contributed by atoms with E-state index in [2.05, 4.69) is 0 Å². The van der Waals surface area contributed by atoms with Gasteiger partial charge in [0.25, 0.3) is 0 Å². The van der Waals surface area contributed by atoms with E-state index in [0.717, 1.165) is 6.42 Å². The summed E-state index contributed by atoms with van der Waals surface area (Å²) >= 11 is 0. The minimum Gasteiger partial charge on any atom is -0.481 e. The van der Waals surface area contributed by atoms with Gasteiger partial charge in [0.1, 0.15) is 0 Å². The molecule has 1 aliphatic carbocycles. The van der Waals surface area contributed by atoms with Gasteiger partial charge in [-0.1, -0.05) is 26.0 Å². The lowest BCUT2D eigenvalue weighted by Crippen LogP contribution is -2.17. The SMILES string of the molecule is C/C=C\C1(C(=O)O)CC1(C)C. The van der Waals surface area contributed by atoms with Gasteiger partial charge in [0.2, 0.25) is 0 Å². The van der Waals surface area contributed by atoms with E-state index >= 15 is 0 Å². The molecule has 1 aliphatic rings. The fraction of sp³-hybridized carbons (Fsp3) is 0.667. The zero-order chi connectivity index (χ0) is 8.70. The number of allylic oxidation sites excluding steroid dienone is 1. The Balaban J connectivity index is 2.88. The Morgan fingerprint density at radius 2 is 2.00 bits per heavy atom. The second-order valence-corrected chi connectivity index (χ2v) is 3.84. The largest absolute Gasteiger partial charge is 0.481 e. The molecule has 0 aromatic carbocycles. The lowest BCUT2D eigenvalue weighted by atomic mass is 9.96. The van der Waals surface area contributed by atoms with Crippen molar-refractivity contribution in [1.82, 2.24) is 0 Å². The molecule has 1 atom stereocenters. The van der Waals surface area contributed by atoms with Crippen molar-refractivity contribution in [3.8, 4) is 0 Å². The summed E-state index contributed by atoms with van der Waals surface area (Å²) in [6.07, 6.45) is 4.39. The van der Waals surface area contributed by atoms with Gasteiger partial charge in [-0.2, -0.15) is 0 Å². The third-order valence-corrected chi connectivity index (χ3v) is 2.64. The van der Waals surface area contributed by atoms with E-state index in [-0.39, 0.29) is 5.41 Å². The van der Waals surface area contributed by atoms with Gasteiger partial charge in [0.05, 0.1) is 5.41 Å². The lowest BCUT2D eigenvalue weighted by Gasteiger charge is -2.09. The summed E-state index contributed by atoms with van der Waals surface area (Å²) in [5.41, 5.74) is -0.618. The van der Waals surface area contributed by atoms with Crippen molar-refractivity contribution in [2.45, 2.75) is 27.2 Å². The summed E-state index contributed by atoms with van der Waals surface area (Å²) in [5.74, 6) is -0.694. The molecule has 0 radical (unpaired) electrons. The Morgan fingerprint density at radius 1 is 1.55 bits per heavy atom. The standard InChI is InChI=1S/C9H14O2/c1-4-5-9(7(10)11)6-8(9,2)3/h4-5H,6H2,1-3H3,(H,10,11)/b5-4-. The molecule has 11 heavy (non-hydrogen) atoms. The highest BCUT2D eigenvalue weighted by Gasteiger charge is 2.64. The molecule has 0 spiro atoms. The Labute approximate surface area is 66.9 Å². The Kier molecular flexibility index (Phi) is 1.58. The second-order valence-electron chi connectivity index (χ2n) is 3.84. The average Bonchev–Trinajstić information content (AvgIpc) is 2.36. The van der Waals surface area contributed by atoms with Crippen LogP contribution in [0.4, 0.5) is 0 Å². The van der Waals surface area contributed by atoms with E-state index in [4.69, 9.17) is 5.11 Å². The van der Waals surface area contributed by atoms with Crippen molar-refractivity contribution in [1.29, 1.82) is 0 Å². The van der Waals surface area contributed by atoms with Gasteiger partial charge < -0.3 is 5.11 Å². The number of hydrogen-bond donors (Lipinski definition) is 1. The normalized spacial score (nSPS) is 34.1. The molecule has 2 heteroatoms. The molecule has 1 saturated carbocycles. The molecule has 0 aromatic rings. The van der Waals surface area contributed by atoms with Crippen molar-refractivity contribution in [3.63, 3.8) is 0 Å². The first-order valence-corrected chi connectivity index (χ1v) is 3.83. The fourth-order valence-electron chi connectivity index (χ4n) is 1.66. The quantitative estimate of drug-likeness (QED) is 0.618. The molecule has 1 rings (SSSR count). The summed E-state index contributed by atoms with van der Waals surface area (Å²) in [4.78, 5) is 10.8. The van der Waals surface area contributed by atoms with Gasteiger partial charge in [-0.15, -0.1) is 0 Å². The van der Waals surface area contributed by atoms with Crippen LogP contribution in [0.5, 0.6) is 0 Å². The molecular formula is C9H14O2. The van der Waals surface area contributed by atoms with Crippen molar-refractivity contribution in [3.05, 3.63) is 12.2 Å². The molecule has 0 aromatic heterocycles. The minimum absolute atomic E-state index is 0.0503. The molecule has 0 amide bonds. The van der Waals surface area contributed by atoms with Crippen molar-refractivity contribution >= 4 is 5.97 Å². The number of hydrogen-bond acceptors (Lipinski definition) is 1. The van der Waals surface area contributed by atoms with E-state index in [9.17, 15) is 4.79 Å². The average molecular weight is 154 g/mol. The topological polar surface area (TPSA) is 37.3 Å². The number of carbonyl (C=O) groups is 1. The molecule has 0 saturated heterocycles. The Bertz CT molecular complexity index is 216. The van der Waals surface area contributed by atoms with E-state index in [1.807, 2.05) is 26.8 Å². The monoisotopic (exact) mass is 154 g/mol.